The highest BCUT2D eigenvalue weighted by Gasteiger charge is 2.47. The minimum atomic E-state index is 0.378. The van der Waals surface area contributed by atoms with Crippen LogP contribution in [0.2, 0.25) is 0 Å². The molecule has 4 atom stereocenters. The molecular formula is C18H26N2O. The van der Waals surface area contributed by atoms with Crippen LogP contribution in [0.25, 0.3) is 0 Å². The summed E-state index contributed by atoms with van der Waals surface area (Å²) < 4.78 is 0. The van der Waals surface area contributed by atoms with Crippen molar-refractivity contribution in [3.05, 3.63) is 28.8 Å². The monoisotopic (exact) mass is 286 g/mol. The van der Waals surface area contributed by atoms with Gasteiger partial charge in [0.1, 0.15) is 5.75 Å². The molecule has 3 N–H and O–H groups in total. The fourth-order valence-electron chi connectivity index (χ4n) is 5.34. The van der Waals surface area contributed by atoms with Crippen molar-refractivity contribution >= 4 is 0 Å². The fraction of sp³-hybridized carbons (Fsp3) is 0.667. The van der Waals surface area contributed by atoms with Crippen LogP contribution >= 0.6 is 0 Å². The summed E-state index contributed by atoms with van der Waals surface area (Å²) >= 11 is 0. The first-order valence-electron chi connectivity index (χ1n) is 8.41. The molecule has 3 nitrogen and oxygen atoms in total. The van der Waals surface area contributed by atoms with Crippen LogP contribution in [0.4, 0.5) is 0 Å². The van der Waals surface area contributed by atoms with Gasteiger partial charge in [-0.25, -0.2) is 0 Å². The molecule has 0 aromatic heterocycles. The van der Waals surface area contributed by atoms with E-state index < -0.39 is 0 Å². The van der Waals surface area contributed by atoms with Crippen molar-refractivity contribution in [2.75, 3.05) is 0 Å². The summed E-state index contributed by atoms with van der Waals surface area (Å²) in [5.74, 6) is 1.05. The number of phenols is 1. The van der Waals surface area contributed by atoms with Gasteiger partial charge in [-0.05, 0) is 62.1 Å². The summed E-state index contributed by atoms with van der Waals surface area (Å²) in [4.78, 5) is 2.71. The molecule has 2 bridgehead atoms. The predicted octanol–water partition coefficient (Wildman–Crippen LogP) is 3.20. The van der Waals surface area contributed by atoms with Crippen LogP contribution in [-0.4, -0.2) is 28.1 Å². The lowest BCUT2D eigenvalue weighted by Gasteiger charge is -2.42. The standard InChI is InChI=1S/C18H26N2O/c1-10-3-6-16(21)18-15(7-11(2)17(10)18)20-13-4-5-14(20)9-12(19)8-13/h3,6,11-15,21H,4-5,7-9,19H2,1-2H3. The zero-order valence-corrected chi connectivity index (χ0v) is 13.0. The maximum atomic E-state index is 10.5. The van der Waals surface area contributed by atoms with E-state index in [0.29, 0.717) is 35.8 Å². The number of aromatic hydroxyl groups is 1. The van der Waals surface area contributed by atoms with Gasteiger partial charge in [0.15, 0.2) is 0 Å². The number of nitrogens with zero attached hydrogens (tertiary/aromatic N) is 1. The number of fused-ring (bicyclic) bond motifs is 3. The number of piperidine rings is 1. The van der Waals surface area contributed by atoms with Gasteiger partial charge in [0.05, 0.1) is 0 Å². The number of hydrogen-bond acceptors (Lipinski definition) is 3. The zero-order valence-electron chi connectivity index (χ0n) is 13.0. The second-order valence-electron chi connectivity index (χ2n) is 7.45. The number of phenolic OH excluding ortho intramolecular Hbond substituents is 1. The second kappa shape index (κ2) is 4.72. The molecule has 2 saturated heterocycles. The molecular weight excluding hydrogens is 260 g/mol. The third-order valence-electron chi connectivity index (χ3n) is 6.07. The zero-order chi connectivity index (χ0) is 14.7. The molecule has 2 fully saturated rings. The lowest BCUT2D eigenvalue weighted by Crippen LogP contribution is -2.48. The summed E-state index contributed by atoms with van der Waals surface area (Å²) in [5.41, 5.74) is 10.2. The van der Waals surface area contributed by atoms with Gasteiger partial charge in [0.25, 0.3) is 0 Å². The van der Waals surface area contributed by atoms with Crippen LogP contribution in [0.1, 0.15) is 67.7 Å². The Bertz CT molecular complexity index is 557. The van der Waals surface area contributed by atoms with Crippen molar-refractivity contribution in [1.29, 1.82) is 0 Å². The Morgan fingerprint density at radius 1 is 1.10 bits per heavy atom. The van der Waals surface area contributed by atoms with Crippen LogP contribution in [0, 0.1) is 6.92 Å². The number of rotatable bonds is 1. The molecule has 0 spiro atoms. The average Bonchev–Trinajstić information content (AvgIpc) is 2.90. The molecule has 21 heavy (non-hydrogen) atoms. The number of aryl methyl sites for hydroxylation is 1. The molecule has 3 aliphatic rings. The van der Waals surface area contributed by atoms with Gasteiger partial charge in [0, 0.05) is 29.7 Å². The smallest absolute Gasteiger partial charge is 0.120 e. The second-order valence-corrected chi connectivity index (χ2v) is 7.45. The Balaban J connectivity index is 1.75. The van der Waals surface area contributed by atoms with Gasteiger partial charge >= 0.3 is 0 Å². The Hall–Kier alpha value is -1.06. The number of hydrogen-bond donors (Lipinski definition) is 2. The Kier molecular flexibility index (Phi) is 3.05. The molecule has 2 aliphatic heterocycles. The van der Waals surface area contributed by atoms with Gasteiger partial charge in [-0.1, -0.05) is 13.0 Å². The van der Waals surface area contributed by atoms with Crippen LogP contribution in [0.5, 0.6) is 5.75 Å². The Labute approximate surface area is 127 Å². The van der Waals surface area contributed by atoms with Crippen molar-refractivity contribution < 1.29 is 5.11 Å². The van der Waals surface area contributed by atoms with E-state index in [0.717, 1.165) is 19.3 Å². The van der Waals surface area contributed by atoms with Crippen molar-refractivity contribution in [2.24, 2.45) is 5.73 Å². The summed E-state index contributed by atoms with van der Waals surface area (Å²) in [7, 11) is 0. The molecule has 0 saturated carbocycles. The third kappa shape index (κ3) is 1.94. The Morgan fingerprint density at radius 3 is 2.43 bits per heavy atom. The van der Waals surface area contributed by atoms with E-state index in [1.165, 1.54) is 29.5 Å². The lowest BCUT2D eigenvalue weighted by atomic mass is 9.93. The molecule has 114 valence electrons. The van der Waals surface area contributed by atoms with Gasteiger partial charge in [-0.15, -0.1) is 0 Å². The summed E-state index contributed by atoms with van der Waals surface area (Å²) in [6.45, 7) is 4.49. The van der Waals surface area contributed by atoms with E-state index in [-0.39, 0.29) is 0 Å². The highest BCUT2D eigenvalue weighted by molar-refractivity contribution is 5.51. The van der Waals surface area contributed by atoms with E-state index in [9.17, 15) is 5.11 Å². The number of benzene rings is 1. The van der Waals surface area contributed by atoms with E-state index in [2.05, 4.69) is 24.8 Å². The largest absolute Gasteiger partial charge is 0.508 e. The summed E-state index contributed by atoms with van der Waals surface area (Å²) in [6, 6.07) is 5.98. The first-order chi connectivity index (χ1) is 10.1. The summed E-state index contributed by atoms with van der Waals surface area (Å²) in [6.07, 6.45) is 5.97. The van der Waals surface area contributed by atoms with E-state index >= 15 is 0 Å². The quantitative estimate of drug-likeness (QED) is 0.833. The minimum Gasteiger partial charge on any atom is -0.508 e. The lowest BCUT2D eigenvalue weighted by molar-refractivity contribution is 0.0744. The van der Waals surface area contributed by atoms with Crippen molar-refractivity contribution in [3.8, 4) is 5.75 Å². The molecule has 2 heterocycles. The van der Waals surface area contributed by atoms with E-state index in [1.54, 1.807) is 0 Å². The van der Waals surface area contributed by atoms with Crippen LogP contribution < -0.4 is 5.73 Å². The van der Waals surface area contributed by atoms with Crippen molar-refractivity contribution in [3.63, 3.8) is 0 Å². The molecule has 3 heteroatoms. The fourth-order valence-corrected chi connectivity index (χ4v) is 5.34. The molecule has 1 aromatic rings. The highest BCUT2D eigenvalue weighted by Crippen LogP contribution is 2.53. The molecule has 1 aliphatic carbocycles. The molecule has 0 amide bonds. The minimum absolute atomic E-state index is 0.378. The highest BCUT2D eigenvalue weighted by atomic mass is 16.3. The van der Waals surface area contributed by atoms with Gasteiger partial charge < -0.3 is 10.8 Å². The first-order valence-corrected chi connectivity index (χ1v) is 8.41. The maximum absolute atomic E-state index is 10.5. The van der Waals surface area contributed by atoms with Gasteiger partial charge in [-0.3, -0.25) is 4.90 Å². The van der Waals surface area contributed by atoms with Crippen LogP contribution in [0.3, 0.4) is 0 Å². The summed E-state index contributed by atoms with van der Waals surface area (Å²) in [5, 5.41) is 10.5. The SMILES string of the molecule is Cc1ccc(O)c2c1C(C)CC2N1C2CCC1CC(N)C2. The first kappa shape index (κ1) is 13.6. The van der Waals surface area contributed by atoms with Crippen molar-refractivity contribution in [2.45, 2.75) is 76.0 Å². The van der Waals surface area contributed by atoms with Crippen LogP contribution in [-0.2, 0) is 0 Å². The molecule has 0 radical (unpaired) electrons. The van der Waals surface area contributed by atoms with E-state index in [1.807, 2.05) is 6.07 Å². The molecule has 4 unspecified atom stereocenters. The third-order valence-corrected chi connectivity index (χ3v) is 6.07. The van der Waals surface area contributed by atoms with Crippen LogP contribution in [0.15, 0.2) is 12.1 Å². The maximum Gasteiger partial charge on any atom is 0.120 e. The predicted molar refractivity (Wildman–Crippen MR) is 84.5 cm³/mol. The molecule has 4 rings (SSSR count). The average molecular weight is 286 g/mol. The molecule has 1 aromatic carbocycles. The topological polar surface area (TPSA) is 49.5 Å². The van der Waals surface area contributed by atoms with Gasteiger partial charge in [-0.2, -0.15) is 0 Å². The Morgan fingerprint density at radius 2 is 1.76 bits per heavy atom. The number of nitrogens with two attached hydrogens (primary N) is 1. The normalized spacial score (nSPS) is 38.7. The van der Waals surface area contributed by atoms with Crippen molar-refractivity contribution in [1.82, 2.24) is 4.90 Å². The van der Waals surface area contributed by atoms with Gasteiger partial charge in [0.2, 0.25) is 0 Å². The van der Waals surface area contributed by atoms with E-state index in [4.69, 9.17) is 5.73 Å².